The highest BCUT2D eigenvalue weighted by Gasteiger charge is 2.15. The Hall–Kier alpha value is -2.21. The number of hydrogen-bond acceptors (Lipinski definition) is 3. The van der Waals surface area contributed by atoms with Gasteiger partial charge in [0.2, 0.25) is 0 Å². The van der Waals surface area contributed by atoms with Gasteiger partial charge in [-0.25, -0.2) is 4.99 Å². The smallest absolute Gasteiger partial charge is 0.190 e. The molecule has 1 fully saturated rings. The van der Waals surface area contributed by atoms with Crippen molar-refractivity contribution in [1.29, 1.82) is 0 Å². The van der Waals surface area contributed by atoms with Crippen molar-refractivity contribution in [3.63, 3.8) is 0 Å². The quantitative estimate of drug-likeness (QED) is 0.738. The van der Waals surface area contributed by atoms with Crippen LogP contribution >= 0.6 is 11.3 Å². The van der Waals surface area contributed by atoms with Crippen molar-refractivity contribution in [2.45, 2.75) is 6.54 Å². The van der Waals surface area contributed by atoms with Crippen LogP contribution in [0.4, 0.5) is 5.69 Å². The lowest BCUT2D eigenvalue weighted by Gasteiger charge is -2.24. The molecule has 1 N–H and O–H groups in total. The molecule has 26 heavy (non-hydrogen) atoms. The van der Waals surface area contributed by atoms with Crippen molar-refractivity contribution >= 4 is 17.0 Å². The maximum atomic E-state index is 5.49. The molecule has 5 heteroatoms. The molecule has 1 saturated heterocycles. The lowest BCUT2D eigenvalue weighted by Crippen LogP contribution is -3.14. The van der Waals surface area contributed by atoms with E-state index in [0.717, 1.165) is 49.9 Å². The SMILES string of the molecule is c1ccc(N=c2scc(-c3ccccc3)n2CC[NH+]2CCOCC2)cc1. The van der Waals surface area contributed by atoms with Gasteiger partial charge in [-0.3, -0.25) is 0 Å². The minimum absolute atomic E-state index is 0.871. The predicted octanol–water partition coefficient (Wildman–Crippen LogP) is 2.36. The molecule has 0 bridgehead atoms. The first-order chi connectivity index (χ1) is 12.9. The molecule has 0 radical (unpaired) electrons. The Morgan fingerprint density at radius 1 is 0.962 bits per heavy atom. The molecular formula is C21H24N3OS+. The number of para-hydroxylation sites is 1. The van der Waals surface area contributed by atoms with Gasteiger partial charge >= 0.3 is 0 Å². The van der Waals surface area contributed by atoms with Crippen LogP contribution in [0.3, 0.4) is 0 Å². The summed E-state index contributed by atoms with van der Waals surface area (Å²) in [4.78, 5) is 7.57. The first-order valence-electron chi connectivity index (χ1n) is 9.15. The summed E-state index contributed by atoms with van der Waals surface area (Å²) in [5, 5.41) is 2.23. The summed E-state index contributed by atoms with van der Waals surface area (Å²) in [7, 11) is 0. The van der Waals surface area contributed by atoms with Crippen molar-refractivity contribution < 1.29 is 9.64 Å². The second-order valence-corrected chi connectivity index (χ2v) is 7.32. The van der Waals surface area contributed by atoms with E-state index < -0.39 is 0 Å². The van der Waals surface area contributed by atoms with Gasteiger partial charge < -0.3 is 14.2 Å². The van der Waals surface area contributed by atoms with Gasteiger partial charge in [-0.15, -0.1) is 11.3 Å². The van der Waals surface area contributed by atoms with Crippen LogP contribution in [0.1, 0.15) is 0 Å². The van der Waals surface area contributed by atoms with E-state index in [0.29, 0.717) is 0 Å². The van der Waals surface area contributed by atoms with Gasteiger partial charge in [0.05, 0.1) is 37.7 Å². The number of quaternary nitrogens is 1. The average Bonchev–Trinajstić information content (AvgIpc) is 3.11. The minimum Gasteiger partial charge on any atom is -0.370 e. The number of nitrogens with one attached hydrogen (secondary N) is 1. The molecule has 2 heterocycles. The van der Waals surface area contributed by atoms with Gasteiger partial charge in [-0.1, -0.05) is 48.5 Å². The number of morpholine rings is 1. The molecule has 0 spiro atoms. The van der Waals surface area contributed by atoms with Crippen molar-refractivity contribution in [2.75, 3.05) is 32.8 Å². The fourth-order valence-electron chi connectivity index (χ4n) is 3.27. The zero-order chi connectivity index (χ0) is 17.6. The summed E-state index contributed by atoms with van der Waals surface area (Å²) < 4.78 is 7.86. The van der Waals surface area contributed by atoms with Crippen LogP contribution in [0.5, 0.6) is 0 Å². The third kappa shape index (κ3) is 4.12. The number of nitrogens with zero attached hydrogens (tertiary/aromatic N) is 2. The molecule has 0 aliphatic carbocycles. The number of aromatic nitrogens is 1. The van der Waals surface area contributed by atoms with E-state index in [9.17, 15) is 0 Å². The molecule has 2 aromatic carbocycles. The van der Waals surface area contributed by atoms with E-state index in [1.165, 1.54) is 11.3 Å². The van der Waals surface area contributed by atoms with E-state index in [1.807, 2.05) is 18.2 Å². The van der Waals surface area contributed by atoms with Crippen LogP contribution in [-0.2, 0) is 11.3 Å². The van der Waals surface area contributed by atoms with Crippen molar-refractivity contribution in [3.05, 3.63) is 70.8 Å². The molecule has 1 aliphatic rings. The van der Waals surface area contributed by atoms with Crippen molar-refractivity contribution in [1.82, 2.24) is 4.57 Å². The van der Waals surface area contributed by atoms with E-state index in [2.05, 4.69) is 52.4 Å². The third-order valence-electron chi connectivity index (χ3n) is 4.74. The molecule has 134 valence electrons. The Kier molecular flexibility index (Phi) is 5.59. The molecular weight excluding hydrogens is 342 g/mol. The third-order valence-corrected chi connectivity index (χ3v) is 5.60. The summed E-state index contributed by atoms with van der Waals surface area (Å²) >= 11 is 1.71. The lowest BCUT2D eigenvalue weighted by molar-refractivity contribution is -0.908. The Morgan fingerprint density at radius 2 is 1.65 bits per heavy atom. The largest absolute Gasteiger partial charge is 0.370 e. The topological polar surface area (TPSA) is 31.0 Å². The Bertz CT molecular complexity index is 880. The Labute approximate surface area is 158 Å². The predicted molar refractivity (Wildman–Crippen MR) is 106 cm³/mol. The highest BCUT2D eigenvalue weighted by Crippen LogP contribution is 2.20. The minimum atomic E-state index is 0.871. The maximum absolute atomic E-state index is 5.49. The van der Waals surface area contributed by atoms with E-state index in [4.69, 9.17) is 9.73 Å². The van der Waals surface area contributed by atoms with Crippen LogP contribution in [0, 0.1) is 0 Å². The number of hydrogen-bond donors (Lipinski definition) is 1. The van der Waals surface area contributed by atoms with Gasteiger partial charge in [0.1, 0.15) is 13.1 Å². The van der Waals surface area contributed by atoms with E-state index in [-0.39, 0.29) is 0 Å². The number of rotatable bonds is 5. The average molecular weight is 367 g/mol. The molecule has 3 aromatic rings. The normalized spacial score (nSPS) is 16.1. The molecule has 0 atom stereocenters. The Morgan fingerprint density at radius 3 is 2.38 bits per heavy atom. The highest BCUT2D eigenvalue weighted by atomic mass is 32.1. The zero-order valence-electron chi connectivity index (χ0n) is 14.8. The van der Waals surface area contributed by atoms with E-state index >= 15 is 0 Å². The fourth-order valence-corrected chi connectivity index (χ4v) is 4.22. The van der Waals surface area contributed by atoms with Crippen molar-refractivity contribution in [2.24, 2.45) is 4.99 Å². The van der Waals surface area contributed by atoms with Crippen LogP contribution in [0.25, 0.3) is 11.3 Å². The highest BCUT2D eigenvalue weighted by molar-refractivity contribution is 7.07. The van der Waals surface area contributed by atoms with Gasteiger partial charge in [-0.2, -0.15) is 0 Å². The second kappa shape index (κ2) is 8.45. The van der Waals surface area contributed by atoms with Gasteiger partial charge in [0.15, 0.2) is 4.80 Å². The van der Waals surface area contributed by atoms with Gasteiger partial charge in [0, 0.05) is 5.38 Å². The maximum Gasteiger partial charge on any atom is 0.190 e. The summed E-state index contributed by atoms with van der Waals surface area (Å²) in [6, 6.07) is 20.8. The van der Waals surface area contributed by atoms with Gasteiger partial charge in [0.25, 0.3) is 0 Å². The van der Waals surface area contributed by atoms with E-state index in [1.54, 1.807) is 16.2 Å². The molecule has 0 amide bonds. The van der Waals surface area contributed by atoms with Crippen LogP contribution in [0.15, 0.2) is 71.0 Å². The molecule has 0 saturated carbocycles. The number of ether oxygens (including phenoxy) is 1. The molecule has 4 rings (SSSR count). The number of benzene rings is 2. The number of thiazole rings is 1. The fraction of sp³-hybridized carbons (Fsp3) is 0.286. The summed E-state index contributed by atoms with van der Waals surface area (Å²) in [5.41, 5.74) is 3.50. The first-order valence-corrected chi connectivity index (χ1v) is 10.0. The van der Waals surface area contributed by atoms with Gasteiger partial charge in [-0.05, 0) is 17.7 Å². The molecule has 1 aliphatic heterocycles. The van der Waals surface area contributed by atoms with Crippen LogP contribution in [-0.4, -0.2) is 37.4 Å². The molecule has 1 aromatic heterocycles. The first kappa shape index (κ1) is 17.2. The lowest BCUT2D eigenvalue weighted by atomic mass is 10.2. The summed E-state index contributed by atoms with van der Waals surface area (Å²) in [6.07, 6.45) is 0. The zero-order valence-corrected chi connectivity index (χ0v) is 15.6. The monoisotopic (exact) mass is 366 g/mol. The van der Waals surface area contributed by atoms with Crippen molar-refractivity contribution in [3.8, 4) is 11.3 Å². The summed E-state index contributed by atoms with van der Waals surface area (Å²) in [5.74, 6) is 0. The Balaban J connectivity index is 1.67. The standard InChI is InChI=1S/C21H23N3OS/c1-3-7-18(8-4-1)20-17-26-21(22-19-9-5-2-6-10-19)24(20)12-11-23-13-15-25-16-14-23/h1-10,17H,11-16H2/p+1. The summed E-state index contributed by atoms with van der Waals surface area (Å²) in [6.45, 7) is 6.00. The molecule has 0 unspecified atom stereocenters. The van der Waals surface area contributed by atoms with Crippen LogP contribution < -0.4 is 9.70 Å². The molecule has 4 nitrogen and oxygen atoms in total. The second-order valence-electron chi connectivity index (χ2n) is 6.48. The van der Waals surface area contributed by atoms with Crippen LogP contribution in [0.2, 0.25) is 0 Å².